The molecule has 0 unspecified atom stereocenters. The zero-order valence-corrected chi connectivity index (χ0v) is 12.9. The highest BCUT2D eigenvalue weighted by Crippen LogP contribution is 2.24. The van der Waals surface area contributed by atoms with Crippen LogP contribution in [0.15, 0.2) is 24.3 Å². The van der Waals surface area contributed by atoms with Gasteiger partial charge in [-0.1, -0.05) is 26.0 Å². The van der Waals surface area contributed by atoms with Crippen LogP contribution in [0.1, 0.15) is 33.3 Å². The SMILES string of the molecule is CC(C)OCCN(C)CC(C)(C)c1ccc(N)cc1. The third kappa shape index (κ3) is 5.62. The van der Waals surface area contributed by atoms with E-state index in [2.05, 4.69) is 51.8 Å². The molecule has 0 saturated heterocycles. The highest BCUT2D eigenvalue weighted by Gasteiger charge is 2.22. The molecule has 2 N–H and O–H groups in total. The molecule has 0 aliphatic rings. The molecule has 0 aliphatic heterocycles. The summed E-state index contributed by atoms with van der Waals surface area (Å²) in [6.07, 6.45) is 0.304. The Morgan fingerprint density at radius 2 is 1.79 bits per heavy atom. The summed E-state index contributed by atoms with van der Waals surface area (Å²) in [4.78, 5) is 2.32. The average Bonchev–Trinajstić information content (AvgIpc) is 2.28. The maximum Gasteiger partial charge on any atom is 0.0596 e. The second kappa shape index (κ2) is 6.92. The van der Waals surface area contributed by atoms with Gasteiger partial charge < -0.3 is 15.4 Å². The van der Waals surface area contributed by atoms with Gasteiger partial charge >= 0.3 is 0 Å². The van der Waals surface area contributed by atoms with Crippen molar-refractivity contribution in [1.29, 1.82) is 0 Å². The van der Waals surface area contributed by atoms with Crippen molar-refractivity contribution >= 4 is 5.69 Å². The van der Waals surface area contributed by atoms with Crippen molar-refractivity contribution in [2.24, 2.45) is 0 Å². The number of ether oxygens (including phenoxy) is 1. The highest BCUT2D eigenvalue weighted by molar-refractivity contribution is 5.41. The molecule has 108 valence electrons. The number of rotatable bonds is 7. The second-order valence-corrected chi connectivity index (χ2v) is 6.16. The van der Waals surface area contributed by atoms with Crippen molar-refractivity contribution in [2.75, 3.05) is 32.5 Å². The first-order valence-electron chi connectivity index (χ1n) is 6.97. The lowest BCUT2D eigenvalue weighted by Crippen LogP contribution is -2.36. The van der Waals surface area contributed by atoms with E-state index in [9.17, 15) is 0 Å². The minimum absolute atomic E-state index is 0.111. The molecule has 0 atom stereocenters. The summed E-state index contributed by atoms with van der Waals surface area (Å²) in [5, 5.41) is 0. The van der Waals surface area contributed by atoms with Crippen LogP contribution in [-0.4, -0.2) is 37.7 Å². The van der Waals surface area contributed by atoms with Crippen molar-refractivity contribution in [3.05, 3.63) is 29.8 Å². The smallest absolute Gasteiger partial charge is 0.0596 e. The molecule has 1 rings (SSSR count). The Kier molecular flexibility index (Phi) is 5.83. The fraction of sp³-hybridized carbons (Fsp3) is 0.625. The molecule has 0 saturated carbocycles. The zero-order chi connectivity index (χ0) is 14.5. The lowest BCUT2D eigenvalue weighted by molar-refractivity contribution is 0.0608. The molecule has 0 aliphatic carbocycles. The first-order chi connectivity index (χ1) is 8.81. The molecular formula is C16H28N2O. The Labute approximate surface area is 117 Å². The normalized spacial score (nSPS) is 12.4. The van der Waals surface area contributed by atoms with Gasteiger partial charge in [0, 0.05) is 24.2 Å². The summed E-state index contributed by atoms with van der Waals surface area (Å²) in [5.41, 5.74) is 7.99. The fourth-order valence-electron chi connectivity index (χ4n) is 2.22. The predicted molar refractivity (Wildman–Crippen MR) is 82.5 cm³/mol. The van der Waals surface area contributed by atoms with Crippen molar-refractivity contribution in [3.63, 3.8) is 0 Å². The molecule has 0 amide bonds. The minimum Gasteiger partial charge on any atom is -0.399 e. The van der Waals surface area contributed by atoms with Gasteiger partial charge in [-0.15, -0.1) is 0 Å². The van der Waals surface area contributed by atoms with Gasteiger partial charge in [0.25, 0.3) is 0 Å². The van der Waals surface area contributed by atoms with E-state index in [-0.39, 0.29) is 5.41 Å². The summed E-state index contributed by atoms with van der Waals surface area (Å²) in [6.45, 7) is 11.4. The number of hydrogen-bond acceptors (Lipinski definition) is 3. The largest absolute Gasteiger partial charge is 0.399 e. The first-order valence-corrected chi connectivity index (χ1v) is 6.97. The standard InChI is InChI=1S/C16H28N2O/c1-13(2)19-11-10-18(5)12-16(3,4)14-6-8-15(17)9-7-14/h6-9,13H,10-12,17H2,1-5H3. The van der Waals surface area contributed by atoms with Crippen LogP contribution in [0.25, 0.3) is 0 Å². The molecule has 0 radical (unpaired) electrons. The topological polar surface area (TPSA) is 38.5 Å². The Balaban J connectivity index is 2.51. The summed E-state index contributed by atoms with van der Waals surface area (Å²) in [7, 11) is 2.14. The van der Waals surface area contributed by atoms with Crippen LogP contribution in [-0.2, 0) is 10.2 Å². The fourth-order valence-corrected chi connectivity index (χ4v) is 2.22. The maximum absolute atomic E-state index is 5.74. The number of nitrogens with two attached hydrogens (primary N) is 1. The third-order valence-electron chi connectivity index (χ3n) is 3.28. The summed E-state index contributed by atoms with van der Waals surface area (Å²) in [6, 6.07) is 8.18. The van der Waals surface area contributed by atoms with E-state index in [1.165, 1.54) is 5.56 Å². The molecule has 0 heterocycles. The molecule has 1 aromatic carbocycles. The van der Waals surface area contributed by atoms with Gasteiger partial charge in [0.05, 0.1) is 12.7 Å². The van der Waals surface area contributed by atoms with Crippen LogP contribution >= 0.6 is 0 Å². The first kappa shape index (κ1) is 16.0. The van der Waals surface area contributed by atoms with E-state index in [0.717, 1.165) is 25.4 Å². The molecule has 3 nitrogen and oxygen atoms in total. The molecule has 0 aromatic heterocycles. The maximum atomic E-state index is 5.74. The Morgan fingerprint density at radius 1 is 1.21 bits per heavy atom. The van der Waals surface area contributed by atoms with E-state index < -0.39 is 0 Å². The number of benzene rings is 1. The molecular weight excluding hydrogens is 236 g/mol. The van der Waals surface area contributed by atoms with Crippen molar-refractivity contribution in [2.45, 2.75) is 39.2 Å². The number of nitrogens with zero attached hydrogens (tertiary/aromatic N) is 1. The Morgan fingerprint density at radius 3 is 2.32 bits per heavy atom. The molecule has 3 heteroatoms. The van der Waals surface area contributed by atoms with Crippen LogP contribution in [0.5, 0.6) is 0 Å². The summed E-state index contributed by atoms with van der Waals surface area (Å²) < 4.78 is 5.59. The molecule has 0 bridgehead atoms. The van der Waals surface area contributed by atoms with E-state index >= 15 is 0 Å². The Bertz CT molecular complexity index is 371. The molecule has 0 fully saturated rings. The van der Waals surface area contributed by atoms with Crippen LogP contribution < -0.4 is 5.73 Å². The van der Waals surface area contributed by atoms with Gasteiger partial charge in [-0.3, -0.25) is 0 Å². The van der Waals surface area contributed by atoms with Crippen LogP contribution in [0.4, 0.5) is 5.69 Å². The highest BCUT2D eigenvalue weighted by atomic mass is 16.5. The van der Waals surface area contributed by atoms with Crippen LogP contribution in [0, 0.1) is 0 Å². The van der Waals surface area contributed by atoms with Crippen molar-refractivity contribution in [1.82, 2.24) is 4.90 Å². The van der Waals surface area contributed by atoms with E-state index in [1.807, 2.05) is 12.1 Å². The molecule has 0 spiro atoms. The lowest BCUT2D eigenvalue weighted by atomic mass is 9.84. The molecule has 19 heavy (non-hydrogen) atoms. The second-order valence-electron chi connectivity index (χ2n) is 6.16. The zero-order valence-electron chi connectivity index (χ0n) is 12.9. The van der Waals surface area contributed by atoms with Crippen molar-refractivity contribution in [3.8, 4) is 0 Å². The lowest BCUT2D eigenvalue weighted by Gasteiger charge is -2.31. The number of anilines is 1. The monoisotopic (exact) mass is 264 g/mol. The third-order valence-corrected chi connectivity index (χ3v) is 3.28. The molecule has 1 aromatic rings. The Hall–Kier alpha value is -1.06. The average molecular weight is 264 g/mol. The number of likely N-dealkylation sites (N-methyl/N-ethyl adjacent to an activating group) is 1. The van der Waals surface area contributed by atoms with E-state index in [4.69, 9.17) is 10.5 Å². The van der Waals surface area contributed by atoms with Gasteiger partial charge in [0.2, 0.25) is 0 Å². The summed E-state index contributed by atoms with van der Waals surface area (Å²) in [5.74, 6) is 0. The van der Waals surface area contributed by atoms with E-state index in [1.54, 1.807) is 0 Å². The minimum atomic E-state index is 0.111. The van der Waals surface area contributed by atoms with Crippen molar-refractivity contribution < 1.29 is 4.74 Å². The number of nitrogen functional groups attached to an aromatic ring is 1. The van der Waals surface area contributed by atoms with Gasteiger partial charge in [-0.2, -0.15) is 0 Å². The quantitative estimate of drug-likeness (QED) is 0.770. The summed E-state index contributed by atoms with van der Waals surface area (Å²) >= 11 is 0. The van der Waals surface area contributed by atoms with Crippen LogP contribution in [0.2, 0.25) is 0 Å². The van der Waals surface area contributed by atoms with Gasteiger partial charge in [-0.25, -0.2) is 0 Å². The van der Waals surface area contributed by atoms with Gasteiger partial charge in [-0.05, 0) is 38.6 Å². The van der Waals surface area contributed by atoms with Crippen LogP contribution in [0.3, 0.4) is 0 Å². The predicted octanol–water partition coefficient (Wildman–Crippen LogP) is 2.90. The number of hydrogen-bond donors (Lipinski definition) is 1. The van der Waals surface area contributed by atoms with E-state index in [0.29, 0.717) is 6.10 Å². The van der Waals surface area contributed by atoms with Gasteiger partial charge in [0.1, 0.15) is 0 Å². The van der Waals surface area contributed by atoms with Gasteiger partial charge in [0.15, 0.2) is 0 Å².